The molecule has 20 heavy (non-hydrogen) atoms. The Hall–Kier alpha value is -0.870. The maximum atomic E-state index is 11.9. The molecular formula is C10H16F3NO5S. The topological polar surface area (TPSA) is 83.9 Å². The van der Waals surface area contributed by atoms with Crippen LogP contribution in [0.4, 0.5) is 13.2 Å². The highest BCUT2D eigenvalue weighted by Crippen LogP contribution is 2.16. The second kappa shape index (κ2) is 6.72. The molecule has 1 rings (SSSR count). The number of nitrogens with zero attached hydrogens (tertiary/aromatic N) is 1. The Labute approximate surface area is 114 Å². The Morgan fingerprint density at radius 1 is 1.40 bits per heavy atom. The van der Waals surface area contributed by atoms with Crippen molar-refractivity contribution < 1.29 is 36.2 Å². The maximum Gasteiger partial charge on any atom is 0.411 e. The van der Waals surface area contributed by atoms with Crippen LogP contribution < -0.4 is 0 Å². The molecule has 1 aliphatic rings. The van der Waals surface area contributed by atoms with Gasteiger partial charge < -0.3 is 9.84 Å². The molecule has 1 N–H and O–H groups in total. The SMILES string of the molecule is O=C(O)CC1CS(=O)(=O)CCN1CCOCC(F)(F)F. The van der Waals surface area contributed by atoms with E-state index < -0.39 is 34.6 Å². The summed E-state index contributed by atoms with van der Waals surface area (Å²) >= 11 is 0. The first-order valence-electron chi connectivity index (χ1n) is 5.90. The number of halogens is 3. The van der Waals surface area contributed by atoms with Gasteiger partial charge in [-0.2, -0.15) is 13.2 Å². The average Bonchev–Trinajstić information content (AvgIpc) is 2.23. The van der Waals surface area contributed by atoms with Crippen molar-refractivity contribution in [2.24, 2.45) is 0 Å². The molecule has 6 nitrogen and oxygen atoms in total. The lowest BCUT2D eigenvalue weighted by atomic mass is 10.2. The van der Waals surface area contributed by atoms with Crippen molar-refractivity contribution in [2.45, 2.75) is 18.6 Å². The van der Waals surface area contributed by atoms with E-state index in [1.54, 1.807) is 4.90 Å². The van der Waals surface area contributed by atoms with Gasteiger partial charge in [-0.1, -0.05) is 0 Å². The number of sulfone groups is 1. The number of aliphatic carboxylic acids is 1. The highest BCUT2D eigenvalue weighted by molar-refractivity contribution is 7.91. The molecule has 118 valence electrons. The highest BCUT2D eigenvalue weighted by Gasteiger charge is 2.33. The third-order valence-corrected chi connectivity index (χ3v) is 4.55. The fourth-order valence-electron chi connectivity index (χ4n) is 1.97. The van der Waals surface area contributed by atoms with Crippen molar-refractivity contribution >= 4 is 15.8 Å². The lowest BCUT2D eigenvalue weighted by molar-refractivity contribution is -0.174. The van der Waals surface area contributed by atoms with Crippen molar-refractivity contribution in [2.75, 3.05) is 37.8 Å². The van der Waals surface area contributed by atoms with E-state index in [1.165, 1.54) is 0 Å². The molecule has 0 aliphatic carbocycles. The van der Waals surface area contributed by atoms with Gasteiger partial charge in [0.1, 0.15) is 6.61 Å². The molecule has 1 heterocycles. The first-order chi connectivity index (χ1) is 9.09. The predicted octanol–water partition coefficient (Wildman–Crippen LogP) is 0.139. The van der Waals surface area contributed by atoms with Gasteiger partial charge in [0.05, 0.1) is 24.5 Å². The second-order valence-corrected chi connectivity index (χ2v) is 6.80. The van der Waals surface area contributed by atoms with Gasteiger partial charge in [-0.05, 0) is 0 Å². The molecule has 1 atom stereocenters. The fraction of sp³-hybridized carbons (Fsp3) is 0.900. The highest BCUT2D eigenvalue weighted by atomic mass is 32.2. The van der Waals surface area contributed by atoms with Crippen LogP contribution in [0.15, 0.2) is 0 Å². The van der Waals surface area contributed by atoms with Crippen LogP contribution in [0.2, 0.25) is 0 Å². The van der Waals surface area contributed by atoms with Crippen LogP contribution in [0.25, 0.3) is 0 Å². The van der Waals surface area contributed by atoms with Gasteiger partial charge in [-0.15, -0.1) is 0 Å². The molecule has 1 unspecified atom stereocenters. The Balaban J connectivity index is 2.47. The number of carboxylic acids is 1. The number of rotatable bonds is 6. The lowest BCUT2D eigenvalue weighted by Crippen LogP contribution is -2.50. The van der Waals surface area contributed by atoms with Crippen LogP contribution in [0.1, 0.15) is 6.42 Å². The molecule has 0 spiro atoms. The summed E-state index contributed by atoms with van der Waals surface area (Å²) in [5.41, 5.74) is 0. The molecule has 0 bridgehead atoms. The van der Waals surface area contributed by atoms with Crippen LogP contribution in [0, 0.1) is 0 Å². The average molecular weight is 319 g/mol. The summed E-state index contributed by atoms with van der Waals surface area (Å²) in [5, 5.41) is 8.73. The minimum atomic E-state index is -4.41. The van der Waals surface area contributed by atoms with Gasteiger partial charge in [-0.3, -0.25) is 9.69 Å². The summed E-state index contributed by atoms with van der Waals surface area (Å²) < 4.78 is 63.0. The number of ether oxygens (including phenoxy) is 1. The predicted molar refractivity (Wildman–Crippen MR) is 63.1 cm³/mol. The molecule has 0 aromatic carbocycles. The molecule has 0 aromatic heterocycles. The van der Waals surface area contributed by atoms with Crippen LogP contribution >= 0.6 is 0 Å². The van der Waals surface area contributed by atoms with Gasteiger partial charge in [-0.25, -0.2) is 8.42 Å². The van der Waals surface area contributed by atoms with E-state index in [0.29, 0.717) is 0 Å². The minimum absolute atomic E-state index is 0.0730. The normalized spacial score (nSPS) is 23.6. The first-order valence-corrected chi connectivity index (χ1v) is 7.72. The molecular weight excluding hydrogens is 303 g/mol. The third-order valence-electron chi connectivity index (χ3n) is 2.85. The second-order valence-electron chi connectivity index (χ2n) is 4.57. The molecule has 0 radical (unpaired) electrons. The third kappa shape index (κ3) is 6.53. The Morgan fingerprint density at radius 3 is 2.60 bits per heavy atom. The smallest absolute Gasteiger partial charge is 0.411 e. The van der Waals surface area contributed by atoms with Crippen molar-refractivity contribution in [3.63, 3.8) is 0 Å². The number of carboxylic acid groups (broad SMARTS) is 1. The standard InChI is InChI=1S/C10H16F3NO5S/c11-10(12,13)7-19-3-1-14-2-4-20(17,18)6-8(14)5-9(15)16/h8H,1-7H2,(H,15,16). The van der Waals surface area contributed by atoms with Gasteiger partial charge in [0.2, 0.25) is 0 Å². The van der Waals surface area contributed by atoms with Crippen LogP contribution in [-0.4, -0.2) is 74.4 Å². The van der Waals surface area contributed by atoms with E-state index in [1.807, 2.05) is 0 Å². The maximum absolute atomic E-state index is 11.9. The number of carbonyl (C=O) groups is 1. The molecule has 1 fully saturated rings. The van der Waals surface area contributed by atoms with Crippen LogP contribution in [0.3, 0.4) is 0 Å². The number of hydrogen-bond acceptors (Lipinski definition) is 5. The van der Waals surface area contributed by atoms with E-state index in [-0.39, 0.29) is 37.6 Å². The van der Waals surface area contributed by atoms with Crippen molar-refractivity contribution in [1.29, 1.82) is 0 Å². The van der Waals surface area contributed by atoms with Gasteiger partial charge in [0.25, 0.3) is 0 Å². The van der Waals surface area contributed by atoms with Gasteiger partial charge in [0, 0.05) is 19.1 Å². The largest absolute Gasteiger partial charge is 0.481 e. The monoisotopic (exact) mass is 319 g/mol. The number of alkyl halides is 3. The van der Waals surface area contributed by atoms with Crippen LogP contribution in [0.5, 0.6) is 0 Å². The molecule has 0 amide bonds. The van der Waals surface area contributed by atoms with Crippen molar-refractivity contribution in [3.8, 4) is 0 Å². The molecule has 0 saturated carbocycles. The van der Waals surface area contributed by atoms with E-state index in [0.717, 1.165) is 0 Å². The van der Waals surface area contributed by atoms with Crippen LogP contribution in [-0.2, 0) is 19.4 Å². The zero-order chi connectivity index (χ0) is 15.4. The van der Waals surface area contributed by atoms with E-state index in [4.69, 9.17) is 5.11 Å². The zero-order valence-corrected chi connectivity index (χ0v) is 11.4. The quantitative estimate of drug-likeness (QED) is 0.701. The van der Waals surface area contributed by atoms with E-state index in [2.05, 4.69) is 4.74 Å². The van der Waals surface area contributed by atoms with Gasteiger partial charge >= 0.3 is 12.1 Å². The zero-order valence-electron chi connectivity index (χ0n) is 10.6. The molecule has 1 aliphatic heterocycles. The Bertz CT molecular complexity index is 437. The van der Waals surface area contributed by atoms with E-state index in [9.17, 15) is 26.4 Å². The summed E-state index contributed by atoms with van der Waals surface area (Å²) in [7, 11) is -3.29. The molecule has 1 saturated heterocycles. The summed E-state index contributed by atoms with van der Waals surface area (Å²) in [6, 6.07) is -0.722. The summed E-state index contributed by atoms with van der Waals surface area (Å²) in [4.78, 5) is 12.2. The molecule has 10 heteroatoms. The lowest BCUT2D eigenvalue weighted by Gasteiger charge is -2.34. The van der Waals surface area contributed by atoms with Crippen molar-refractivity contribution in [3.05, 3.63) is 0 Å². The summed E-state index contributed by atoms with van der Waals surface area (Å²) in [6.07, 6.45) is -4.77. The van der Waals surface area contributed by atoms with Crippen molar-refractivity contribution in [1.82, 2.24) is 4.90 Å². The van der Waals surface area contributed by atoms with E-state index >= 15 is 0 Å². The molecule has 0 aromatic rings. The Kier molecular flexibility index (Phi) is 5.78. The number of hydrogen-bond donors (Lipinski definition) is 1. The minimum Gasteiger partial charge on any atom is -0.481 e. The fourth-order valence-corrected chi connectivity index (χ4v) is 3.57. The Morgan fingerprint density at radius 2 is 2.05 bits per heavy atom. The van der Waals surface area contributed by atoms with Gasteiger partial charge in [0.15, 0.2) is 9.84 Å². The first kappa shape index (κ1) is 17.2. The summed E-state index contributed by atoms with van der Waals surface area (Å²) in [5.74, 6) is -1.56. The summed E-state index contributed by atoms with van der Waals surface area (Å²) in [6.45, 7) is -1.42.